The smallest absolute Gasteiger partial charge is 0.229 e. The van der Waals surface area contributed by atoms with E-state index in [4.69, 9.17) is 0 Å². The van der Waals surface area contributed by atoms with E-state index in [1.165, 1.54) is 31.2 Å². The molecule has 1 aliphatic heterocycles. The van der Waals surface area contributed by atoms with E-state index in [1.54, 1.807) is 0 Å². The van der Waals surface area contributed by atoms with Gasteiger partial charge in [0.15, 0.2) is 0 Å². The SMILES string of the molecule is CC(C)(C)c1cccc(NC(=O)[C@H]2CCCN[C@H]2C2CCCC2)c1. The molecule has 2 fully saturated rings. The van der Waals surface area contributed by atoms with Crippen LogP contribution in [0.15, 0.2) is 24.3 Å². The fraction of sp³-hybridized carbons (Fsp3) is 0.667. The van der Waals surface area contributed by atoms with E-state index in [-0.39, 0.29) is 17.2 Å². The molecule has 0 bridgehead atoms. The van der Waals surface area contributed by atoms with Crippen molar-refractivity contribution in [2.24, 2.45) is 11.8 Å². The Kier molecular flexibility index (Phi) is 5.29. The number of carbonyl (C=O) groups is 1. The molecule has 0 radical (unpaired) electrons. The zero-order valence-corrected chi connectivity index (χ0v) is 15.4. The van der Waals surface area contributed by atoms with Crippen molar-refractivity contribution in [2.75, 3.05) is 11.9 Å². The molecule has 2 N–H and O–H groups in total. The fourth-order valence-corrected chi connectivity index (χ4v) is 4.32. The molecule has 1 saturated heterocycles. The molecular weight excluding hydrogens is 296 g/mol. The number of anilines is 1. The Balaban J connectivity index is 1.71. The second kappa shape index (κ2) is 7.26. The minimum Gasteiger partial charge on any atom is -0.326 e. The third-order valence-electron chi connectivity index (χ3n) is 5.75. The van der Waals surface area contributed by atoms with Crippen molar-refractivity contribution in [3.63, 3.8) is 0 Å². The first kappa shape index (κ1) is 17.5. The third kappa shape index (κ3) is 4.00. The third-order valence-corrected chi connectivity index (χ3v) is 5.75. The van der Waals surface area contributed by atoms with Crippen molar-refractivity contribution in [3.05, 3.63) is 29.8 Å². The number of hydrogen-bond donors (Lipinski definition) is 2. The van der Waals surface area contributed by atoms with Crippen molar-refractivity contribution in [2.45, 2.75) is 70.8 Å². The predicted octanol–water partition coefficient (Wildman–Crippen LogP) is 4.48. The van der Waals surface area contributed by atoms with Crippen LogP contribution < -0.4 is 10.6 Å². The summed E-state index contributed by atoms with van der Waals surface area (Å²) in [5.74, 6) is 0.993. The molecule has 24 heavy (non-hydrogen) atoms. The molecule has 1 aromatic rings. The van der Waals surface area contributed by atoms with Crippen LogP contribution in [0.4, 0.5) is 5.69 Å². The molecule has 1 amide bonds. The van der Waals surface area contributed by atoms with Crippen LogP contribution in [0.2, 0.25) is 0 Å². The average Bonchev–Trinajstić information content (AvgIpc) is 3.08. The molecule has 132 valence electrons. The van der Waals surface area contributed by atoms with Gasteiger partial charge in [-0.1, -0.05) is 45.7 Å². The zero-order chi connectivity index (χ0) is 17.2. The maximum Gasteiger partial charge on any atom is 0.229 e. The van der Waals surface area contributed by atoms with E-state index in [2.05, 4.69) is 43.5 Å². The highest BCUT2D eigenvalue weighted by Crippen LogP contribution is 2.34. The van der Waals surface area contributed by atoms with E-state index >= 15 is 0 Å². The molecule has 3 rings (SSSR count). The van der Waals surface area contributed by atoms with Crippen LogP contribution in [0.3, 0.4) is 0 Å². The van der Waals surface area contributed by atoms with Crippen LogP contribution in [0.25, 0.3) is 0 Å². The number of piperidine rings is 1. The molecule has 1 aromatic carbocycles. The first-order valence-corrected chi connectivity index (χ1v) is 9.60. The molecule has 2 atom stereocenters. The second-order valence-electron chi connectivity index (χ2n) is 8.59. The van der Waals surface area contributed by atoms with Gasteiger partial charge in [0.1, 0.15) is 0 Å². The minimum atomic E-state index is 0.0967. The topological polar surface area (TPSA) is 41.1 Å². The Labute approximate surface area is 146 Å². The van der Waals surface area contributed by atoms with E-state index in [0.717, 1.165) is 25.1 Å². The van der Waals surface area contributed by atoms with Crippen LogP contribution in [0.5, 0.6) is 0 Å². The molecule has 1 aliphatic carbocycles. The summed E-state index contributed by atoms with van der Waals surface area (Å²) in [6, 6.07) is 8.68. The van der Waals surface area contributed by atoms with Gasteiger partial charge >= 0.3 is 0 Å². The highest BCUT2D eigenvalue weighted by molar-refractivity contribution is 5.93. The summed E-state index contributed by atoms with van der Waals surface area (Å²) in [5, 5.41) is 6.85. The van der Waals surface area contributed by atoms with Crippen molar-refractivity contribution in [3.8, 4) is 0 Å². The van der Waals surface area contributed by atoms with Gasteiger partial charge in [-0.25, -0.2) is 0 Å². The number of nitrogens with one attached hydrogen (secondary N) is 2. The van der Waals surface area contributed by atoms with Crippen LogP contribution in [-0.4, -0.2) is 18.5 Å². The van der Waals surface area contributed by atoms with Gasteiger partial charge in [-0.05, 0) is 61.3 Å². The fourth-order valence-electron chi connectivity index (χ4n) is 4.32. The zero-order valence-electron chi connectivity index (χ0n) is 15.4. The Morgan fingerprint density at radius 1 is 1.12 bits per heavy atom. The Hall–Kier alpha value is -1.35. The summed E-state index contributed by atoms with van der Waals surface area (Å²) in [6.07, 6.45) is 7.32. The van der Waals surface area contributed by atoms with Crippen molar-refractivity contribution < 1.29 is 4.79 Å². The van der Waals surface area contributed by atoms with Gasteiger partial charge in [-0.2, -0.15) is 0 Å². The van der Waals surface area contributed by atoms with Gasteiger partial charge in [0.2, 0.25) is 5.91 Å². The molecule has 0 aromatic heterocycles. The highest BCUT2D eigenvalue weighted by Gasteiger charge is 2.37. The lowest BCUT2D eigenvalue weighted by atomic mass is 9.81. The number of rotatable bonds is 3. The van der Waals surface area contributed by atoms with Gasteiger partial charge in [-0.15, -0.1) is 0 Å². The Bertz CT molecular complexity index is 569. The van der Waals surface area contributed by atoms with Gasteiger partial charge < -0.3 is 10.6 Å². The molecule has 0 spiro atoms. The quantitative estimate of drug-likeness (QED) is 0.859. The number of carbonyl (C=O) groups excluding carboxylic acids is 1. The molecule has 0 unspecified atom stereocenters. The Morgan fingerprint density at radius 2 is 1.88 bits per heavy atom. The average molecular weight is 329 g/mol. The minimum absolute atomic E-state index is 0.0967. The Morgan fingerprint density at radius 3 is 2.58 bits per heavy atom. The lowest BCUT2D eigenvalue weighted by Crippen LogP contribution is -2.50. The molecule has 3 nitrogen and oxygen atoms in total. The summed E-state index contributed by atoms with van der Waals surface area (Å²) in [5.41, 5.74) is 2.29. The number of benzene rings is 1. The van der Waals surface area contributed by atoms with E-state index in [0.29, 0.717) is 12.0 Å². The molecule has 1 saturated carbocycles. The van der Waals surface area contributed by atoms with Crippen LogP contribution >= 0.6 is 0 Å². The van der Waals surface area contributed by atoms with Crippen LogP contribution in [0.1, 0.15) is 64.9 Å². The summed E-state index contributed by atoms with van der Waals surface area (Å²) in [7, 11) is 0. The van der Waals surface area contributed by atoms with E-state index in [1.807, 2.05) is 12.1 Å². The molecule has 1 heterocycles. The van der Waals surface area contributed by atoms with Crippen molar-refractivity contribution >= 4 is 11.6 Å². The molecule has 2 aliphatic rings. The lowest BCUT2D eigenvalue weighted by Gasteiger charge is -2.35. The number of amides is 1. The monoisotopic (exact) mass is 328 g/mol. The largest absolute Gasteiger partial charge is 0.326 e. The summed E-state index contributed by atoms with van der Waals surface area (Å²) in [6.45, 7) is 7.67. The molecule has 3 heteroatoms. The van der Waals surface area contributed by atoms with Gasteiger partial charge in [0.05, 0.1) is 5.92 Å². The van der Waals surface area contributed by atoms with E-state index < -0.39 is 0 Å². The first-order valence-electron chi connectivity index (χ1n) is 9.60. The summed E-state index contributed by atoms with van der Waals surface area (Å²) in [4.78, 5) is 12.9. The van der Waals surface area contributed by atoms with E-state index in [9.17, 15) is 4.79 Å². The van der Waals surface area contributed by atoms with Crippen molar-refractivity contribution in [1.29, 1.82) is 0 Å². The molecular formula is C21H32N2O. The predicted molar refractivity (Wildman–Crippen MR) is 100 cm³/mol. The van der Waals surface area contributed by atoms with Crippen LogP contribution in [0, 0.1) is 11.8 Å². The lowest BCUT2D eigenvalue weighted by molar-refractivity contribution is -0.122. The standard InChI is InChI=1S/C21H32N2O/c1-21(2,3)16-10-6-11-17(14-16)23-20(24)18-12-7-13-22-19(18)15-8-4-5-9-15/h6,10-11,14-15,18-19,22H,4-5,7-9,12-13H2,1-3H3,(H,23,24)/t18-,19-/m0/s1. The maximum atomic E-state index is 12.9. The van der Waals surface area contributed by atoms with Gasteiger partial charge in [-0.3, -0.25) is 4.79 Å². The summed E-state index contributed by atoms with van der Waals surface area (Å²) < 4.78 is 0. The van der Waals surface area contributed by atoms with Gasteiger partial charge in [0, 0.05) is 11.7 Å². The highest BCUT2D eigenvalue weighted by atomic mass is 16.1. The summed E-state index contributed by atoms with van der Waals surface area (Å²) >= 11 is 0. The second-order valence-corrected chi connectivity index (χ2v) is 8.59. The van der Waals surface area contributed by atoms with Crippen LogP contribution in [-0.2, 0) is 10.2 Å². The number of hydrogen-bond acceptors (Lipinski definition) is 2. The first-order chi connectivity index (χ1) is 11.4. The normalized spacial score (nSPS) is 25.6. The maximum absolute atomic E-state index is 12.9. The van der Waals surface area contributed by atoms with Crippen molar-refractivity contribution in [1.82, 2.24) is 5.32 Å². The van der Waals surface area contributed by atoms with Gasteiger partial charge in [0.25, 0.3) is 0 Å².